The first-order valence-corrected chi connectivity index (χ1v) is 12.0. The smallest absolute Gasteiger partial charge is 0.274 e. The Morgan fingerprint density at radius 1 is 1.13 bits per heavy atom. The zero-order valence-corrected chi connectivity index (χ0v) is 18.7. The van der Waals surface area contributed by atoms with Crippen LogP contribution in [0.3, 0.4) is 0 Å². The van der Waals surface area contributed by atoms with Crippen LogP contribution in [0.25, 0.3) is 5.65 Å². The molecule has 4 heterocycles. The van der Waals surface area contributed by atoms with Crippen LogP contribution in [0.4, 0.5) is 0 Å². The summed E-state index contributed by atoms with van der Waals surface area (Å²) in [4.78, 5) is 25.3. The first-order chi connectivity index (χ1) is 15.2. The van der Waals surface area contributed by atoms with Gasteiger partial charge in [0, 0.05) is 57.6 Å². The molecule has 0 N–H and O–H groups in total. The number of rotatable bonds is 5. The molecule has 1 atom stereocenters. The molecule has 0 spiro atoms. The summed E-state index contributed by atoms with van der Waals surface area (Å²) < 4.78 is 7.66. The number of fused-ring (bicyclic) bond motifs is 1. The zero-order valence-electron chi connectivity index (χ0n) is 18.7. The molecule has 7 heteroatoms. The lowest BCUT2D eigenvalue weighted by Gasteiger charge is -2.40. The van der Waals surface area contributed by atoms with Crippen molar-refractivity contribution in [3.8, 4) is 0 Å². The van der Waals surface area contributed by atoms with Crippen LogP contribution in [-0.4, -0.2) is 88.5 Å². The fraction of sp³-hybridized carbons (Fsp3) is 0.667. The number of hydrogen-bond acceptors (Lipinski definition) is 5. The number of imidazole rings is 1. The normalized spacial score (nSPS) is 23.8. The van der Waals surface area contributed by atoms with E-state index in [0.29, 0.717) is 18.3 Å². The van der Waals surface area contributed by atoms with E-state index in [9.17, 15) is 4.79 Å². The second kappa shape index (κ2) is 9.27. The van der Waals surface area contributed by atoms with Crippen LogP contribution in [0.1, 0.15) is 54.7 Å². The number of ether oxygens (including phenoxy) is 1. The van der Waals surface area contributed by atoms with Gasteiger partial charge in [-0.2, -0.15) is 0 Å². The predicted molar refractivity (Wildman–Crippen MR) is 120 cm³/mol. The molecular weight excluding hydrogens is 390 g/mol. The second-order valence-electron chi connectivity index (χ2n) is 9.39. The van der Waals surface area contributed by atoms with Crippen LogP contribution in [-0.2, 0) is 11.3 Å². The molecule has 5 rings (SSSR count). The summed E-state index contributed by atoms with van der Waals surface area (Å²) in [6.07, 6.45) is 9.80. The number of carbonyl (C=O) groups is 1. The van der Waals surface area contributed by atoms with Gasteiger partial charge >= 0.3 is 0 Å². The van der Waals surface area contributed by atoms with Crippen molar-refractivity contribution < 1.29 is 9.53 Å². The first-order valence-electron chi connectivity index (χ1n) is 12.0. The van der Waals surface area contributed by atoms with Gasteiger partial charge in [0.15, 0.2) is 5.69 Å². The molecule has 31 heavy (non-hydrogen) atoms. The highest BCUT2D eigenvalue weighted by atomic mass is 16.5. The Balaban J connectivity index is 1.32. The summed E-state index contributed by atoms with van der Waals surface area (Å²) in [6.45, 7) is 5.85. The minimum Gasteiger partial charge on any atom is -0.380 e. The molecule has 2 aromatic rings. The van der Waals surface area contributed by atoms with Crippen LogP contribution in [0.15, 0.2) is 24.4 Å². The van der Waals surface area contributed by atoms with Gasteiger partial charge in [0.05, 0.1) is 12.3 Å². The standard InChI is InChI=1S/C24H35N5O2/c1-26(20-10-16-31-18-20)17-21-23(25-22-9-5-6-11-29(21)22)24(30)28-14-12-27(13-15-28)19-7-3-2-4-8-19/h5-6,9,11,19-20H,2-4,7-8,10,12-18H2,1H3/t20-/m0/s1. The predicted octanol–water partition coefficient (Wildman–Crippen LogP) is 2.65. The number of pyridine rings is 1. The quantitative estimate of drug-likeness (QED) is 0.737. The van der Waals surface area contributed by atoms with E-state index in [2.05, 4.69) is 21.2 Å². The molecule has 168 valence electrons. The molecule has 2 aliphatic heterocycles. The number of hydrogen-bond donors (Lipinski definition) is 0. The molecule has 1 aliphatic carbocycles. The average molecular weight is 426 g/mol. The van der Waals surface area contributed by atoms with Gasteiger partial charge < -0.3 is 14.0 Å². The van der Waals surface area contributed by atoms with Crippen molar-refractivity contribution >= 4 is 11.6 Å². The molecule has 3 aliphatic rings. The van der Waals surface area contributed by atoms with E-state index < -0.39 is 0 Å². The SMILES string of the molecule is CN(Cc1c(C(=O)N2CCN(C3CCCCC3)CC2)nc2ccccn12)[C@H]1CCOC1. The van der Waals surface area contributed by atoms with E-state index in [1.165, 1.54) is 32.1 Å². The van der Waals surface area contributed by atoms with Gasteiger partial charge in [-0.25, -0.2) is 4.98 Å². The summed E-state index contributed by atoms with van der Waals surface area (Å²) in [7, 11) is 2.12. The molecule has 3 fully saturated rings. The van der Waals surface area contributed by atoms with Gasteiger partial charge in [-0.15, -0.1) is 0 Å². The zero-order chi connectivity index (χ0) is 21.2. The van der Waals surface area contributed by atoms with Gasteiger partial charge in [0.25, 0.3) is 5.91 Å². The summed E-state index contributed by atoms with van der Waals surface area (Å²) in [5.41, 5.74) is 2.45. The van der Waals surface area contributed by atoms with Crippen molar-refractivity contribution in [3.63, 3.8) is 0 Å². The fourth-order valence-corrected chi connectivity index (χ4v) is 5.49. The molecule has 2 aromatic heterocycles. The highest BCUT2D eigenvalue weighted by molar-refractivity contribution is 5.94. The largest absolute Gasteiger partial charge is 0.380 e. The molecule has 7 nitrogen and oxygen atoms in total. The van der Waals surface area contributed by atoms with Gasteiger partial charge in [-0.3, -0.25) is 14.6 Å². The highest BCUT2D eigenvalue weighted by Crippen LogP contribution is 2.25. The molecule has 1 saturated carbocycles. The van der Waals surface area contributed by atoms with Gasteiger partial charge in [0.2, 0.25) is 0 Å². The topological polar surface area (TPSA) is 53.3 Å². The lowest BCUT2D eigenvalue weighted by molar-refractivity contribution is 0.0516. The summed E-state index contributed by atoms with van der Waals surface area (Å²) in [5.74, 6) is 0.0815. The average Bonchev–Trinajstić information content (AvgIpc) is 3.48. The van der Waals surface area contributed by atoms with E-state index in [0.717, 1.165) is 63.2 Å². The molecule has 1 amide bonds. The maximum absolute atomic E-state index is 13.6. The highest BCUT2D eigenvalue weighted by Gasteiger charge is 2.31. The van der Waals surface area contributed by atoms with E-state index in [1.54, 1.807) is 0 Å². The Morgan fingerprint density at radius 3 is 2.68 bits per heavy atom. The Kier molecular flexibility index (Phi) is 6.25. The number of amides is 1. The fourth-order valence-electron chi connectivity index (χ4n) is 5.49. The minimum absolute atomic E-state index is 0.0815. The van der Waals surface area contributed by atoms with Crippen LogP contribution in [0.5, 0.6) is 0 Å². The van der Waals surface area contributed by atoms with Crippen LogP contribution in [0.2, 0.25) is 0 Å². The second-order valence-corrected chi connectivity index (χ2v) is 9.39. The molecule has 0 unspecified atom stereocenters. The number of aromatic nitrogens is 2. The Hall–Kier alpha value is -1.96. The van der Waals surface area contributed by atoms with Crippen molar-refractivity contribution in [1.29, 1.82) is 0 Å². The Bertz CT molecular complexity index is 893. The van der Waals surface area contributed by atoms with Gasteiger partial charge in [-0.1, -0.05) is 25.3 Å². The first kappa shape index (κ1) is 20.9. The maximum atomic E-state index is 13.6. The van der Waals surface area contributed by atoms with Crippen LogP contribution in [0, 0.1) is 0 Å². The van der Waals surface area contributed by atoms with Crippen LogP contribution < -0.4 is 0 Å². The third-order valence-electron chi connectivity index (χ3n) is 7.45. The summed E-state index contributed by atoms with van der Waals surface area (Å²) in [6, 6.07) is 7.10. The van der Waals surface area contributed by atoms with E-state index in [1.807, 2.05) is 29.3 Å². The van der Waals surface area contributed by atoms with E-state index in [4.69, 9.17) is 9.72 Å². The number of carbonyl (C=O) groups excluding carboxylic acids is 1. The molecule has 2 saturated heterocycles. The number of piperazine rings is 1. The van der Waals surface area contributed by atoms with E-state index >= 15 is 0 Å². The van der Waals surface area contributed by atoms with Crippen molar-refractivity contribution in [2.45, 2.75) is 57.2 Å². The third-order valence-corrected chi connectivity index (χ3v) is 7.45. The maximum Gasteiger partial charge on any atom is 0.274 e. The lowest BCUT2D eigenvalue weighted by Crippen LogP contribution is -2.52. The van der Waals surface area contributed by atoms with Crippen molar-refractivity contribution in [2.24, 2.45) is 0 Å². The minimum atomic E-state index is 0.0815. The molecule has 0 bridgehead atoms. The molecule has 0 aromatic carbocycles. The van der Waals surface area contributed by atoms with Gasteiger partial charge in [-0.05, 0) is 38.4 Å². The molecular formula is C24H35N5O2. The number of nitrogens with zero attached hydrogens (tertiary/aromatic N) is 5. The van der Waals surface area contributed by atoms with Crippen LogP contribution >= 0.6 is 0 Å². The van der Waals surface area contributed by atoms with E-state index in [-0.39, 0.29) is 5.91 Å². The summed E-state index contributed by atoms with van der Waals surface area (Å²) >= 11 is 0. The number of likely N-dealkylation sites (N-methyl/N-ethyl adjacent to an activating group) is 1. The lowest BCUT2D eigenvalue weighted by atomic mass is 9.94. The Morgan fingerprint density at radius 2 is 1.94 bits per heavy atom. The van der Waals surface area contributed by atoms with Gasteiger partial charge in [0.1, 0.15) is 5.65 Å². The molecule has 0 radical (unpaired) electrons. The Labute approximate surface area is 185 Å². The third kappa shape index (κ3) is 4.36. The monoisotopic (exact) mass is 425 g/mol. The van der Waals surface area contributed by atoms with Crippen molar-refractivity contribution in [1.82, 2.24) is 24.1 Å². The van der Waals surface area contributed by atoms with Crippen molar-refractivity contribution in [3.05, 3.63) is 35.8 Å². The summed E-state index contributed by atoms with van der Waals surface area (Å²) in [5, 5.41) is 0. The van der Waals surface area contributed by atoms with Crippen molar-refractivity contribution in [2.75, 3.05) is 46.4 Å².